The Labute approximate surface area is 114 Å². The summed E-state index contributed by atoms with van der Waals surface area (Å²) in [5.41, 5.74) is 0. The summed E-state index contributed by atoms with van der Waals surface area (Å²) in [5.74, 6) is -4.03. The first-order valence-electron chi connectivity index (χ1n) is 7.33. The van der Waals surface area contributed by atoms with Crippen LogP contribution in [0.5, 0.6) is 0 Å². The second-order valence-corrected chi connectivity index (χ2v) is 6.26. The Hall–Kier alpha value is -0.420. The molecule has 2 atom stereocenters. The van der Waals surface area contributed by atoms with Gasteiger partial charge in [-0.05, 0) is 37.5 Å². The van der Waals surface area contributed by atoms with Gasteiger partial charge in [0.1, 0.15) is 0 Å². The maximum atomic E-state index is 12.9. The Morgan fingerprint density at radius 3 is 1.20 bits per heavy atom. The van der Waals surface area contributed by atoms with E-state index in [2.05, 4.69) is 0 Å². The predicted octanol–water partition coefficient (Wildman–Crippen LogP) is 5.72. The first-order chi connectivity index (χ1) is 9.19. The topological polar surface area (TPSA) is 0 Å². The Morgan fingerprint density at radius 2 is 0.850 bits per heavy atom. The summed E-state index contributed by atoms with van der Waals surface area (Å²) in [7, 11) is 0. The van der Waals surface area contributed by atoms with Gasteiger partial charge in [-0.2, -0.15) is 26.3 Å². The molecule has 2 unspecified atom stereocenters. The molecule has 2 aliphatic carbocycles. The van der Waals surface area contributed by atoms with Crippen molar-refractivity contribution in [1.82, 2.24) is 0 Å². The molecule has 20 heavy (non-hydrogen) atoms. The summed E-state index contributed by atoms with van der Waals surface area (Å²) in [5, 5.41) is 0. The lowest BCUT2D eigenvalue weighted by atomic mass is 9.85. The highest BCUT2D eigenvalue weighted by Crippen LogP contribution is 2.50. The van der Waals surface area contributed by atoms with Gasteiger partial charge in [0.15, 0.2) is 0 Å². The summed E-state index contributed by atoms with van der Waals surface area (Å²) in [6.07, 6.45) is -5.57. The number of rotatable bonds is 1. The van der Waals surface area contributed by atoms with Crippen molar-refractivity contribution in [3.05, 3.63) is 0 Å². The maximum absolute atomic E-state index is 12.9. The number of hydrogen-bond donors (Lipinski definition) is 0. The lowest BCUT2D eigenvalue weighted by molar-refractivity contribution is -0.254. The zero-order chi connectivity index (χ0) is 15.0. The van der Waals surface area contributed by atoms with Gasteiger partial charge in [0.25, 0.3) is 0 Å². The van der Waals surface area contributed by atoms with E-state index in [1.165, 1.54) is 0 Å². The van der Waals surface area contributed by atoms with Gasteiger partial charge in [-0.1, -0.05) is 25.7 Å². The van der Waals surface area contributed by atoms with Gasteiger partial charge in [-0.25, -0.2) is 0 Å². The van der Waals surface area contributed by atoms with Gasteiger partial charge < -0.3 is 0 Å². The van der Waals surface area contributed by atoms with E-state index in [9.17, 15) is 26.3 Å². The van der Waals surface area contributed by atoms with Gasteiger partial charge in [0.05, 0.1) is 11.8 Å². The highest BCUT2D eigenvalue weighted by atomic mass is 19.4. The van der Waals surface area contributed by atoms with E-state index in [1.807, 2.05) is 0 Å². The van der Waals surface area contributed by atoms with Crippen molar-refractivity contribution < 1.29 is 26.3 Å². The fourth-order valence-electron chi connectivity index (χ4n) is 4.02. The van der Waals surface area contributed by atoms with Crippen molar-refractivity contribution in [2.45, 2.75) is 63.7 Å². The minimum Gasteiger partial charge on any atom is -0.171 e. The third-order valence-corrected chi connectivity index (χ3v) is 5.09. The van der Waals surface area contributed by atoms with Crippen LogP contribution in [-0.4, -0.2) is 12.4 Å². The van der Waals surface area contributed by atoms with Crippen LogP contribution >= 0.6 is 0 Å². The van der Waals surface area contributed by atoms with Gasteiger partial charge >= 0.3 is 12.4 Å². The first kappa shape index (κ1) is 16.0. The van der Waals surface area contributed by atoms with Crippen LogP contribution in [0.3, 0.4) is 0 Å². The van der Waals surface area contributed by atoms with Crippen molar-refractivity contribution in [3.63, 3.8) is 0 Å². The molecule has 0 N–H and O–H groups in total. The molecule has 0 amide bonds. The molecule has 0 spiro atoms. The zero-order valence-electron chi connectivity index (χ0n) is 11.2. The molecule has 2 saturated carbocycles. The molecule has 0 bridgehead atoms. The molecular weight excluding hydrogens is 282 g/mol. The molecule has 0 aromatic rings. The van der Waals surface area contributed by atoms with E-state index >= 15 is 0 Å². The standard InChI is InChI=1S/C14H20F6/c15-13(16,17)11-7-5-10(9-3-1-2-4-9)6-8-12(11)14(18,19)20/h9-12H,1-8H2. The molecule has 2 aliphatic rings. The maximum Gasteiger partial charge on any atom is 0.392 e. The van der Waals surface area contributed by atoms with Crippen LogP contribution in [0.25, 0.3) is 0 Å². The first-order valence-corrected chi connectivity index (χ1v) is 7.33. The number of alkyl halides is 6. The molecule has 6 heteroatoms. The molecule has 118 valence electrons. The van der Waals surface area contributed by atoms with Crippen LogP contribution in [-0.2, 0) is 0 Å². The minimum absolute atomic E-state index is 0.0506. The fourth-order valence-corrected chi connectivity index (χ4v) is 4.02. The van der Waals surface area contributed by atoms with Crippen LogP contribution in [0.2, 0.25) is 0 Å². The number of hydrogen-bond acceptors (Lipinski definition) is 0. The minimum atomic E-state index is -4.75. The van der Waals surface area contributed by atoms with Crippen LogP contribution in [0.15, 0.2) is 0 Å². The molecule has 0 radical (unpaired) electrons. The van der Waals surface area contributed by atoms with Crippen molar-refractivity contribution in [2.75, 3.05) is 0 Å². The highest BCUT2D eigenvalue weighted by Gasteiger charge is 2.55. The lowest BCUT2D eigenvalue weighted by Gasteiger charge is -2.28. The zero-order valence-corrected chi connectivity index (χ0v) is 11.2. The molecule has 2 fully saturated rings. The smallest absolute Gasteiger partial charge is 0.171 e. The molecule has 0 aliphatic heterocycles. The summed E-state index contributed by atoms with van der Waals surface area (Å²) >= 11 is 0. The molecule has 2 rings (SSSR count). The van der Waals surface area contributed by atoms with E-state index in [0.717, 1.165) is 25.7 Å². The molecule has 0 saturated heterocycles. The van der Waals surface area contributed by atoms with E-state index < -0.39 is 24.2 Å². The van der Waals surface area contributed by atoms with Crippen molar-refractivity contribution >= 4 is 0 Å². The van der Waals surface area contributed by atoms with Gasteiger partial charge in [0, 0.05) is 0 Å². The Kier molecular flexibility index (Phi) is 4.59. The Balaban J connectivity index is 2.11. The largest absolute Gasteiger partial charge is 0.392 e. The highest BCUT2D eigenvalue weighted by molar-refractivity contribution is 4.88. The lowest BCUT2D eigenvalue weighted by Crippen LogP contribution is -2.38. The van der Waals surface area contributed by atoms with E-state index in [1.54, 1.807) is 0 Å². The quantitative estimate of drug-likeness (QED) is 0.429. The second kappa shape index (κ2) is 5.76. The van der Waals surface area contributed by atoms with Gasteiger partial charge in [-0.3, -0.25) is 0 Å². The molecular formula is C14H20F6. The monoisotopic (exact) mass is 302 g/mol. The summed E-state index contributed by atoms with van der Waals surface area (Å²) in [6, 6.07) is 0. The SMILES string of the molecule is FC(F)(F)C1CCC(C2CCCC2)CCC1C(F)(F)F. The van der Waals surface area contributed by atoms with Crippen LogP contribution in [0.1, 0.15) is 51.4 Å². The van der Waals surface area contributed by atoms with Crippen molar-refractivity contribution in [2.24, 2.45) is 23.7 Å². The summed E-state index contributed by atoms with van der Waals surface area (Å²) in [4.78, 5) is 0. The Morgan fingerprint density at radius 1 is 0.500 bits per heavy atom. The normalized spacial score (nSPS) is 34.2. The fraction of sp³-hybridized carbons (Fsp3) is 1.00. The second-order valence-electron chi connectivity index (χ2n) is 6.26. The van der Waals surface area contributed by atoms with Crippen LogP contribution in [0.4, 0.5) is 26.3 Å². The third kappa shape index (κ3) is 3.61. The average molecular weight is 302 g/mol. The third-order valence-electron chi connectivity index (χ3n) is 5.09. The van der Waals surface area contributed by atoms with Crippen LogP contribution < -0.4 is 0 Å². The Bertz CT molecular complexity index is 289. The summed E-state index contributed by atoms with van der Waals surface area (Å²) in [6.45, 7) is 0. The molecule has 0 aromatic carbocycles. The molecule has 0 aromatic heterocycles. The van der Waals surface area contributed by atoms with Crippen LogP contribution in [0, 0.1) is 23.7 Å². The van der Waals surface area contributed by atoms with Gasteiger partial charge in [-0.15, -0.1) is 0 Å². The number of halogens is 6. The van der Waals surface area contributed by atoms with Crippen molar-refractivity contribution in [3.8, 4) is 0 Å². The van der Waals surface area contributed by atoms with Gasteiger partial charge in [0.2, 0.25) is 0 Å². The van der Waals surface area contributed by atoms with E-state index in [0.29, 0.717) is 18.8 Å². The van der Waals surface area contributed by atoms with E-state index in [4.69, 9.17) is 0 Å². The van der Waals surface area contributed by atoms with E-state index in [-0.39, 0.29) is 18.8 Å². The molecule has 0 nitrogen and oxygen atoms in total. The average Bonchev–Trinajstić information content (AvgIpc) is 2.70. The summed E-state index contributed by atoms with van der Waals surface area (Å²) < 4.78 is 77.4. The molecule has 0 heterocycles. The predicted molar refractivity (Wildman–Crippen MR) is 63.0 cm³/mol. The van der Waals surface area contributed by atoms with Crippen molar-refractivity contribution in [1.29, 1.82) is 0 Å².